The molecule has 1 N–H and O–H groups in total. The molecule has 0 aliphatic rings. The number of ketones is 1. The van der Waals surface area contributed by atoms with Crippen LogP contribution < -0.4 is 14.8 Å². The van der Waals surface area contributed by atoms with Gasteiger partial charge in [-0.2, -0.15) is 4.39 Å². The summed E-state index contributed by atoms with van der Waals surface area (Å²) < 4.78 is 27.0. The number of halogens is 1. The van der Waals surface area contributed by atoms with Crippen molar-refractivity contribution < 1.29 is 23.5 Å². The molecular formula is C35H46FN5O4Si. The zero-order chi connectivity index (χ0) is 34.1. The second-order valence-electron chi connectivity index (χ2n) is 13.6. The number of carbonyl (C=O) groups is 2. The molecule has 9 nitrogen and oxygen atoms in total. The highest BCUT2D eigenvalue weighted by atomic mass is 28.3. The Bertz CT molecular complexity index is 1710. The van der Waals surface area contributed by atoms with Gasteiger partial charge >= 0.3 is 6.09 Å². The summed E-state index contributed by atoms with van der Waals surface area (Å²) >= 11 is 0. The van der Waals surface area contributed by atoms with E-state index in [1.807, 2.05) is 13.1 Å². The van der Waals surface area contributed by atoms with E-state index in [0.717, 1.165) is 15.8 Å². The third-order valence-corrected chi connectivity index (χ3v) is 15.8. The zero-order valence-electron chi connectivity index (χ0n) is 28.8. The van der Waals surface area contributed by atoms with E-state index >= 15 is 4.39 Å². The molecule has 0 spiro atoms. The fourth-order valence-electron chi connectivity index (χ4n) is 7.03. The van der Waals surface area contributed by atoms with E-state index in [9.17, 15) is 9.59 Å². The first-order chi connectivity index (χ1) is 21.5. The Hall–Kier alpha value is -4.12. The second kappa shape index (κ2) is 13.3. The molecule has 0 unspecified atom stereocenters. The molecule has 0 fully saturated rings. The van der Waals surface area contributed by atoms with Crippen LogP contribution in [0, 0.1) is 12.9 Å². The van der Waals surface area contributed by atoms with Gasteiger partial charge in [-0.05, 0) is 80.2 Å². The lowest BCUT2D eigenvalue weighted by molar-refractivity contribution is 0.0597. The molecule has 0 bridgehead atoms. The standard InChI is InChI=1S/C35H46FN5O4Si/c1-12-44-28-16-13-24(18-37-28)41(34(43)45-35(9,10)11)27-15-14-25(32(36)40-27)30(42)26-19-39-33-29(26)31(23(8)17-38-33)46(20(2)3,21(4)5)22(6)7/h13-22H,12H2,1-11H3,(H,38,39). The fourth-order valence-corrected chi connectivity index (χ4v) is 14.2. The van der Waals surface area contributed by atoms with Crippen molar-refractivity contribution in [1.29, 1.82) is 0 Å². The molecule has 1 amide bonds. The van der Waals surface area contributed by atoms with Crippen molar-refractivity contribution in [3.63, 3.8) is 0 Å². The number of nitrogens with zero attached hydrogens (tertiary/aromatic N) is 4. The van der Waals surface area contributed by atoms with E-state index in [1.165, 1.54) is 23.5 Å². The van der Waals surface area contributed by atoms with E-state index in [0.29, 0.717) is 46.0 Å². The summed E-state index contributed by atoms with van der Waals surface area (Å²) in [4.78, 5) is 44.8. The van der Waals surface area contributed by atoms with Gasteiger partial charge in [0, 0.05) is 29.4 Å². The average Bonchev–Trinajstić information content (AvgIpc) is 3.38. The van der Waals surface area contributed by atoms with Crippen molar-refractivity contribution in [3.8, 4) is 5.88 Å². The van der Waals surface area contributed by atoms with Crippen LogP contribution in [0.2, 0.25) is 16.6 Å². The lowest BCUT2D eigenvalue weighted by Crippen LogP contribution is -2.57. The lowest BCUT2D eigenvalue weighted by atomic mass is 10.0. The Labute approximate surface area is 272 Å². The first kappa shape index (κ1) is 34.7. The van der Waals surface area contributed by atoms with E-state index in [4.69, 9.17) is 9.47 Å². The van der Waals surface area contributed by atoms with Gasteiger partial charge in [0.25, 0.3) is 0 Å². The van der Waals surface area contributed by atoms with Crippen LogP contribution in [0.15, 0.2) is 42.9 Å². The molecule has 0 saturated carbocycles. The van der Waals surface area contributed by atoms with Gasteiger partial charge in [0.1, 0.15) is 17.1 Å². The molecule has 0 radical (unpaired) electrons. The Morgan fingerprint density at radius 2 is 1.61 bits per heavy atom. The molecule has 0 aliphatic carbocycles. The predicted molar refractivity (Wildman–Crippen MR) is 183 cm³/mol. The van der Waals surface area contributed by atoms with Gasteiger partial charge in [-0.1, -0.05) is 41.5 Å². The molecule has 4 rings (SSSR count). The zero-order valence-corrected chi connectivity index (χ0v) is 29.8. The number of fused-ring (bicyclic) bond motifs is 1. The van der Waals surface area contributed by atoms with Crippen LogP contribution in [0.4, 0.5) is 20.7 Å². The first-order valence-electron chi connectivity index (χ1n) is 15.8. The Balaban J connectivity index is 1.85. The number of hydrogen-bond acceptors (Lipinski definition) is 7. The van der Waals surface area contributed by atoms with Crippen LogP contribution >= 0.6 is 0 Å². The number of anilines is 2. The maximum absolute atomic E-state index is 16.0. The summed E-state index contributed by atoms with van der Waals surface area (Å²) in [5.41, 5.74) is 2.38. The monoisotopic (exact) mass is 647 g/mol. The van der Waals surface area contributed by atoms with Gasteiger partial charge < -0.3 is 14.5 Å². The van der Waals surface area contributed by atoms with Crippen molar-refractivity contribution in [2.45, 2.75) is 98.4 Å². The van der Waals surface area contributed by atoms with Gasteiger partial charge in [0.15, 0.2) is 5.78 Å². The maximum Gasteiger partial charge on any atom is 0.420 e. The summed E-state index contributed by atoms with van der Waals surface area (Å²) in [6, 6.07) is 6.01. The van der Waals surface area contributed by atoms with E-state index < -0.39 is 31.5 Å². The van der Waals surface area contributed by atoms with Crippen molar-refractivity contribution in [2.75, 3.05) is 11.5 Å². The summed E-state index contributed by atoms with van der Waals surface area (Å²) in [6.07, 6.45) is 4.14. The van der Waals surface area contributed by atoms with Crippen molar-refractivity contribution in [1.82, 2.24) is 19.9 Å². The highest BCUT2D eigenvalue weighted by Crippen LogP contribution is 2.43. The largest absolute Gasteiger partial charge is 0.478 e. The minimum absolute atomic E-state index is 0.0581. The van der Waals surface area contributed by atoms with Crippen LogP contribution in [0.5, 0.6) is 5.88 Å². The van der Waals surface area contributed by atoms with E-state index in [-0.39, 0.29) is 11.4 Å². The maximum atomic E-state index is 16.0. The Kier molecular flexibility index (Phi) is 10.1. The Morgan fingerprint density at radius 3 is 2.13 bits per heavy atom. The number of pyridine rings is 3. The smallest absolute Gasteiger partial charge is 0.420 e. The van der Waals surface area contributed by atoms with Crippen LogP contribution in [0.1, 0.15) is 90.7 Å². The predicted octanol–water partition coefficient (Wildman–Crippen LogP) is 8.39. The van der Waals surface area contributed by atoms with Crippen LogP contribution in [-0.2, 0) is 4.74 Å². The summed E-state index contributed by atoms with van der Waals surface area (Å²) in [5, 5.41) is 1.94. The molecule has 4 aromatic rings. The molecule has 46 heavy (non-hydrogen) atoms. The molecule has 11 heteroatoms. The summed E-state index contributed by atoms with van der Waals surface area (Å²) in [7, 11) is -2.27. The number of aromatic nitrogens is 4. The van der Waals surface area contributed by atoms with Crippen LogP contribution in [0.25, 0.3) is 11.0 Å². The van der Waals surface area contributed by atoms with E-state index in [1.54, 1.807) is 39.1 Å². The molecule has 0 aliphatic heterocycles. The van der Waals surface area contributed by atoms with Gasteiger partial charge in [-0.15, -0.1) is 0 Å². The minimum Gasteiger partial charge on any atom is -0.478 e. The van der Waals surface area contributed by atoms with Gasteiger partial charge in [-0.25, -0.2) is 24.6 Å². The quantitative estimate of drug-likeness (QED) is 0.105. The molecule has 246 valence electrons. The van der Waals surface area contributed by atoms with Crippen LogP contribution in [-0.4, -0.2) is 52.1 Å². The lowest BCUT2D eigenvalue weighted by Gasteiger charge is -2.45. The third-order valence-electron chi connectivity index (χ3n) is 8.59. The highest BCUT2D eigenvalue weighted by Gasteiger charge is 2.47. The molecule has 4 heterocycles. The first-order valence-corrected chi connectivity index (χ1v) is 18.1. The topological polar surface area (TPSA) is 110 Å². The number of aromatic amines is 1. The van der Waals surface area contributed by atoms with Crippen molar-refractivity contribution in [2.24, 2.45) is 0 Å². The van der Waals surface area contributed by atoms with Crippen LogP contribution in [0.3, 0.4) is 0 Å². The number of aryl methyl sites for hydroxylation is 1. The number of nitrogens with one attached hydrogen (secondary N) is 1. The molecule has 4 aromatic heterocycles. The number of H-pyrrole nitrogens is 1. The number of hydrogen-bond donors (Lipinski definition) is 1. The second-order valence-corrected chi connectivity index (χ2v) is 19.4. The number of rotatable bonds is 10. The fraction of sp³-hybridized carbons (Fsp3) is 0.457. The molecule has 0 saturated heterocycles. The van der Waals surface area contributed by atoms with E-state index in [2.05, 4.69) is 68.4 Å². The SMILES string of the molecule is CCOc1ccc(N(C(=O)OC(C)(C)C)c2ccc(C(=O)c3c[nH]c4ncc(C)c([Si](C(C)C)(C(C)C)C(C)C)c34)c(F)n2)cn1. The summed E-state index contributed by atoms with van der Waals surface area (Å²) in [6.45, 7) is 23.1. The van der Waals surface area contributed by atoms with Gasteiger partial charge in [0.05, 0.1) is 32.1 Å². The number of amides is 1. The molecular weight excluding hydrogens is 602 g/mol. The highest BCUT2D eigenvalue weighted by molar-refractivity contribution is 6.96. The van der Waals surface area contributed by atoms with Crippen molar-refractivity contribution in [3.05, 3.63) is 65.5 Å². The summed E-state index contributed by atoms with van der Waals surface area (Å²) in [5.74, 6) is -1.20. The molecule has 0 aromatic carbocycles. The van der Waals surface area contributed by atoms with Gasteiger partial charge in [-0.3, -0.25) is 4.79 Å². The minimum atomic E-state index is -2.27. The normalized spacial score (nSPS) is 12.3. The average molecular weight is 648 g/mol. The third kappa shape index (κ3) is 6.42. The molecule has 0 atom stereocenters. The van der Waals surface area contributed by atoms with Gasteiger partial charge in [0.2, 0.25) is 11.8 Å². The number of ether oxygens (including phenoxy) is 2. The Morgan fingerprint density at radius 1 is 0.957 bits per heavy atom. The number of carbonyl (C=O) groups excluding carboxylic acids is 2. The van der Waals surface area contributed by atoms with Crippen molar-refractivity contribution >= 4 is 47.7 Å².